The van der Waals surface area contributed by atoms with Gasteiger partial charge in [0.05, 0.1) is 0 Å². The van der Waals surface area contributed by atoms with Crippen LogP contribution in [0.4, 0.5) is 5.69 Å². The highest BCUT2D eigenvalue weighted by atomic mass is 79.9. The van der Waals surface area contributed by atoms with Crippen molar-refractivity contribution in [2.75, 3.05) is 5.32 Å². The predicted octanol–water partition coefficient (Wildman–Crippen LogP) is 5.55. The number of anilines is 1. The van der Waals surface area contributed by atoms with Crippen LogP contribution in [0.1, 0.15) is 35.2 Å². The van der Waals surface area contributed by atoms with Gasteiger partial charge in [0.25, 0.3) is 0 Å². The quantitative estimate of drug-likeness (QED) is 0.782. The highest BCUT2D eigenvalue weighted by Gasteiger charge is 2.09. The zero-order valence-corrected chi connectivity index (χ0v) is 13.5. The van der Waals surface area contributed by atoms with Gasteiger partial charge < -0.3 is 5.32 Å². The van der Waals surface area contributed by atoms with Crippen molar-refractivity contribution in [3.05, 3.63) is 63.1 Å². The number of benzene rings is 2. The van der Waals surface area contributed by atoms with E-state index in [1.54, 1.807) is 0 Å². The lowest BCUT2D eigenvalue weighted by Crippen LogP contribution is -2.09. The monoisotopic (exact) mass is 317 g/mol. The van der Waals surface area contributed by atoms with Crippen LogP contribution in [0, 0.1) is 20.8 Å². The minimum atomic E-state index is 0.289. The van der Waals surface area contributed by atoms with Crippen LogP contribution in [0.5, 0.6) is 0 Å². The van der Waals surface area contributed by atoms with E-state index in [0.717, 1.165) is 4.47 Å². The Bertz CT molecular complexity index is 567. The smallest absolute Gasteiger partial charge is 0.0486 e. The molecule has 2 rings (SSSR count). The molecular weight excluding hydrogens is 298 g/mol. The maximum absolute atomic E-state index is 3.63. The van der Waals surface area contributed by atoms with E-state index in [1.165, 1.54) is 27.9 Å². The molecule has 1 unspecified atom stereocenters. The Morgan fingerprint density at radius 1 is 1.00 bits per heavy atom. The first-order valence-corrected chi connectivity index (χ1v) is 7.36. The van der Waals surface area contributed by atoms with E-state index in [1.807, 2.05) is 0 Å². The molecule has 2 aromatic rings. The third-order valence-electron chi connectivity index (χ3n) is 3.39. The van der Waals surface area contributed by atoms with Gasteiger partial charge in [0, 0.05) is 16.2 Å². The van der Waals surface area contributed by atoms with Crippen LogP contribution in [0.15, 0.2) is 40.9 Å². The molecule has 100 valence electrons. The van der Waals surface area contributed by atoms with Crippen LogP contribution in [0.3, 0.4) is 0 Å². The number of aryl methyl sites for hydroxylation is 3. The van der Waals surface area contributed by atoms with Crippen molar-refractivity contribution in [1.29, 1.82) is 0 Å². The summed E-state index contributed by atoms with van der Waals surface area (Å²) in [6.07, 6.45) is 0. The van der Waals surface area contributed by atoms with Crippen LogP contribution in [0.25, 0.3) is 0 Å². The fraction of sp³-hybridized carbons (Fsp3) is 0.294. The zero-order valence-electron chi connectivity index (χ0n) is 11.9. The first-order valence-electron chi connectivity index (χ1n) is 6.57. The first-order chi connectivity index (χ1) is 8.97. The van der Waals surface area contributed by atoms with Crippen molar-refractivity contribution in [1.82, 2.24) is 0 Å². The van der Waals surface area contributed by atoms with Crippen LogP contribution >= 0.6 is 15.9 Å². The molecule has 0 amide bonds. The molecule has 0 aliphatic heterocycles. The summed E-state index contributed by atoms with van der Waals surface area (Å²) in [6, 6.07) is 13.2. The lowest BCUT2D eigenvalue weighted by Gasteiger charge is -2.20. The molecule has 0 saturated heterocycles. The summed E-state index contributed by atoms with van der Waals surface area (Å²) in [6.45, 7) is 8.66. The highest BCUT2D eigenvalue weighted by Crippen LogP contribution is 2.27. The molecule has 1 nitrogen and oxygen atoms in total. The maximum Gasteiger partial charge on any atom is 0.0486 e. The molecule has 0 aliphatic carbocycles. The molecule has 0 aliphatic rings. The topological polar surface area (TPSA) is 12.0 Å². The lowest BCUT2D eigenvalue weighted by molar-refractivity contribution is 0.879. The second-order valence-corrected chi connectivity index (χ2v) is 6.11. The summed E-state index contributed by atoms with van der Waals surface area (Å²) < 4.78 is 1.12. The number of hydrogen-bond donors (Lipinski definition) is 1. The molecule has 19 heavy (non-hydrogen) atoms. The minimum absolute atomic E-state index is 0.289. The van der Waals surface area contributed by atoms with E-state index in [0.29, 0.717) is 0 Å². The van der Waals surface area contributed by atoms with E-state index < -0.39 is 0 Å². The highest BCUT2D eigenvalue weighted by molar-refractivity contribution is 9.10. The van der Waals surface area contributed by atoms with Gasteiger partial charge in [-0.2, -0.15) is 0 Å². The molecular formula is C17H20BrN. The molecule has 0 fully saturated rings. The molecule has 0 bridgehead atoms. The van der Waals surface area contributed by atoms with Gasteiger partial charge in [-0.25, -0.2) is 0 Å². The third kappa shape index (κ3) is 3.38. The Balaban J connectivity index is 2.26. The normalized spacial score (nSPS) is 12.3. The summed E-state index contributed by atoms with van der Waals surface area (Å²) in [4.78, 5) is 0. The summed E-state index contributed by atoms with van der Waals surface area (Å²) in [5, 5.41) is 3.63. The molecule has 0 saturated carbocycles. The van der Waals surface area contributed by atoms with Crippen LogP contribution < -0.4 is 5.32 Å². The van der Waals surface area contributed by atoms with Crippen molar-refractivity contribution in [3.8, 4) is 0 Å². The summed E-state index contributed by atoms with van der Waals surface area (Å²) >= 11 is 3.53. The number of halogens is 1. The second-order valence-electron chi connectivity index (χ2n) is 5.19. The Morgan fingerprint density at radius 3 is 2.21 bits per heavy atom. The lowest BCUT2D eigenvalue weighted by atomic mass is 10.0. The average molecular weight is 318 g/mol. The van der Waals surface area contributed by atoms with Crippen LogP contribution in [-0.4, -0.2) is 0 Å². The van der Waals surface area contributed by atoms with E-state index in [2.05, 4.69) is 85.3 Å². The van der Waals surface area contributed by atoms with Gasteiger partial charge in [0.2, 0.25) is 0 Å². The van der Waals surface area contributed by atoms with Gasteiger partial charge in [-0.3, -0.25) is 0 Å². The Hall–Kier alpha value is -1.28. The van der Waals surface area contributed by atoms with Crippen molar-refractivity contribution in [2.24, 2.45) is 0 Å². The van der Waals surface area contributed by atoms with Gasteiger partial charge in [0.15, 0.2) is 0 Å². The molecule has 2 heteroatoms. The van der Waals surface area contributed by atoms with Crippen molar-refractivity contribution in [3.63, 3.8) is 0 Å². The molecule has 2 aromatic carbocycles. The summed E-state index contributed by atoms with van der Waals surface area (Å²) in [5.74, 6) is 0. The minimum Gasteiger partial charge on any atom is -0.378 e. The van der Waals surface area contributed by atoms with E-state index in [9.17, 15) is 0 Å². The van der Waals surface area contributed by atoms with Crippen molar-refractivity contribution in [2.45, 2.75) is 33.7 Å². The number of rotatable bonds is 3. The summed E-state index contributed by atoms with van der Waals surface area (Å²) in [7, 11) is 0. The average Bonchev–Trinajstić information content (AvgIpc) is 2.33. The fourth-order valence-corrected chi connectivity index (χ4v) is 2.90. The largest absolute Gasteiger partial charge is 0.378 e. The molecule has 1 N–H and O–H groups in total. The molecule has 0 spiro atoms. The van der Waals surface area contributed by atoms with Gasteiger partial charge in [-0.05, 0) is 56.5 Å². The maximum atomic E-state index is 3.63. The van der Waals surface area contributed by atoms with Gasteiger partial charge >= 0.3 is 0 Å². The van der Waals surface area contributed by atoms with Crippen molar-refractivity contribution < 1.29 is 0 Å². The van der Waals surface area contributed by atoms with E-state index >= 15 is 0 Å². The Morgan fingerprint density at radius 2 is 1.63 bits per heavy atom. The molecule has 0 heterocycles. The standard InChI is InChI=1S/C17H20BrN/c1-11-8-12(2)17(13(3)9-11)19-14(4)15-6-5-7-16(18)10-15/h5-10,14,19H,1-4H3. The first kappa shape index (κ1) is 14.1. The Labute approximate surface area is 124 Å². The van der Waals surface area contributed by atoms with Gasteiger partial charge in [0.1, 0.15) is 0 Å². The third-order valence-corrected chi connectivity index (χ3v) is 3.88. The number of hydrogen-bond acceptors (Lipinski definition) is 1. The van der Waals surface area contributed by atoms with Gasteiger partial charge in [-0.1, -0.05) is 45.8 Å². The van der Waals surface area contributed by atoms with Crippen molar-refractivity contribution >= 4 is 21.6 Å². The summed E-state index contributed by atoms with van der Waals surface area (Å²) in [5.41, 5.74) is 6.46. The van der Waals surface area contributed by atoms with E-state index in [4.69, 9.17) is 0 Å². The second kappa shape index (κ2) is 5.79. The molecule has 1 atom stereocenters. The Kier molecular flexibility index (Phi) is 4.31. The molecule has 0 aromatic heterocycles. The molecule has 0 radical (unpaired) electrons. The predicted molar refractivity (Wildman–Crippen MR) is 86.8 cm³/mol. The SMILES string of the molecule is Cc1cc(C)c(NC(C)c2cccc(Br)c2)c(C)c1. The van der Waals surface area contributed by atoms with Crippen LogP contribution in [0.2, 0.25) is 0 Å². The number of nitrogens with one attached hydrogen (secondary N) is 1. The fourth-order valence-electron chi connectivity index (χ4n) is 2.48. The van der Waals surface area contributed by atoms with Gasteiger partial charge in [-0.15, -0.1) is 0 Å². The zero-order chi connectivity index (χ0) is 14.0. The van der Waals surface area contributed by atoms with Crippen LogP contribution in [-0.2, 0) is 0 Å². The van der Waals surface area contributed by atoms with E-state index in [-0.39, 0.29) is 6.04 Å².